The summed E-state index contributed by atoms with van der Waals surface area (Å²) < 4.78 is 0.879. The summed E-state index contributed by atoms with van der Waals surface area (Å²) in [6.07, 6.45) is 3.26. The van der Waals surface area contributed by atoms with E-state index in [-0.39, 0.29) is 6.10 Å². The van der Waals surface area contributed by atoms with Crippen LogP contribution in [-0.4, -0.2) is 29.3 Å². The van der Waals surface area contributed by atoms with Gasteiger partial charge in [-0.1, -0.05) is 11.6 Å². The lowest BCUT2D eigenvalue weighted by Crippen LogP contribution is -2.38. The number of aromatic nitrogens is 1. The van der Waals surface area contributed by atoms with E-state index in [4.69, 9.17) is 11.6 Å². The van der Waals surface area contributed by atoms with E-state index in [1.165, 1.54) is 0 Å². The lowest BCUT2D eigenvalue weighted by Gasteiger charge is -2.31. The minimum Gasteiger partial charge on any atom is -0.391 e. The van der Waals surface area contributed by atoms with E-state index in [2.05, 4.69) is 25.8 Å². The third-order valence-electron chi connectivity index (χ3n) is 2.48. The quantitative estimate of drug-likeness (QED) is 0.863. The van der Waals surface area contributed by atoms with Crippen molar-refractivity contribution in [1.82, 2.24) is 4.98 Å². The molecule has 1 atom stereocenters. The van der Waals surface area contributed by atoms with Crippen molar-refractivity contribution < 1.29 is 5.11 Å². The van der Waals surface area contributed by atoms with Gasteiger partial charge in [0.15, 0.2) is 0 Å². The van der Waals surface area contributed by atoms with Crippen LogP contribution in [0.2, 0.25) is 5.02 Å². The van der Waals surface area contributed by atoms with E-state index < -0.39 is 0 Å². The molecule has 1 N–H and O–H groups in total. The number of anilines is 1. The van der Waals surface area contributed by atoms with Crippen LogP contribution in [0.25, 0.3) is 0 Å². The summed E-state index contributed by atoms with van der Waals surface area (Å²) in [7, 11) is 0. The molecule has 5 heteroatoms. The van der Waals surface area contributed by atoms with Crippen molar-refractivity contribution in [3.63, 3.8) is 0 Å². The average Bonchev–Trinajstić information content (AvgIpc) is 2.17. The fourth-order valence-electron chi connectivity index (χ4n) is 1.79. The first-order chi connectivity index (χ1) is 7.16. The maximum atomic E-state index is 9.58. The second-order valence-electron chi connectivity index (χ2n) is 3.70. The molecule has 1 aromatic heterocycles. The van der Waals surface area contributed by atoms with Crippen LogP contribution < -0.4 is 4.90 Å². The minimum absolute atomic E-state index is 0.247. The Morgan fingerprint density at radius 1 is 1.60 bits per heavy atom. The van der Waals surface area contributed by atoms with E-state index in [9.17, 15) is 5.11 Å². The fraction of sp³-hybridized carbons (Fsp3) is 0.500. The summed E-state index contributed by atoms with van der Waals surface area (Å²) >= 11 is 9.26. The Morgan fingerprint density at radius 2 is 2.40 bits per heavy atom. The number of β-amino-alcohol motifs (C(OH)–C–C–N with tert-alkyl or cyclic N) is 1. The van der Waals surface area contributed by atoms with Gasteiger partial charge in [0, 0.05) is 19.3 Å². The monoisotopic (exact) mass is 290 g/mol. The Kier molecular flexibility index (Phi) is 3.49. The molecular weight excluding hydrogens is 279 g/mol. The lowest BCUT2D eigenvalue weighted by atomic mass is 10.1. The van der Waals surface area contributed by atoms with Crippen molar-refractivity contribution in [2.45, 2.75) is 18.9 Å². The highest BCUT2D eigenvalue weighted by Crippen LogP contribution is 2.28. The van der Waals surface area contributed by atoms with E-state index in [0.29, 0.717) is 11.6 Å². The number of pyridine rings is 1. The standard InChI is InChI=1S/C10H12BrClN2O/c11-9-4-7(12)5-13-10(9)14-3-1-2-8(15)6-14/h4-5,8,15H,1-3,6H2/t8-/m0/s1. The highest BCUT2D eigenvalue weighted by molar-refractivity contribution is 9.10. The van der Waals surface area contributed by atoms with E-state index in [1.54, 1.807) is 6.20 Å². The Labute approximate surface area is 102 Å². The van der Waals surface area contributed by atoms with Crippen LogP contribution in [0.4, 0.5) is 5.82 Å². The van der Waals surface area contributed by atoms with Crippen LogP contribution in [0.5, 0.6) is 0 Å². The molecule has 0 saturated carbocycles. The van der Waals surface area contributed by atoms with Gasteiger partial charge in [0.05, 0.1) is 15.6 Å². The van der Waals surface area contributed by atoms with Gasteiger partial charge >= 0.3 is 0 Å². The number of piperidine rings is 1. The molecule has 3 nitrogen and oxygen atoms in total. The van der Waals surface area contributed by atoms with Gasteiger partial charge < -0.3 is 10.0 Å². The number of nitrogens with zero attached hydrogens (tertiary/aromatic N) is 2. The van der Waals surface area contributed by atoms with Crippen molar-refractivity contribution >= 4 is 33.3 Å². The molecule has 82 valence electrons. The van der Waals surface area contributed by atoms with Crippen molar-refractivity contribution in [2.24, 2.45) is 0 Å². The van der Waals surface area contributed by atoms with E-state index >= 15 is 0 Å². The van der Waals surface area contributed by atoms with Gasteiger partial charge in [-0.2, -0.15) is 0 Å². The van der Waals surface area contributed by atoms with Crippen LogP contribution in [0.15, 0.2) is 16.7 Å². The molecular formula is C10H12BrClN2O. The number of hydrogen-bond donors (Lipinski definition) is 1. The molecule has 0 unspecified atom stereocenters. The molecule has 0 radical (unpaired) electrons. The average molecular weight is 292 g/mol. The topological polar surface area (TPSA) is 36.4 Å². The van der Waals surface area contributed by atoms with Crippen LogP contribution in [-0.2, 0) is 0 Å². The van der Waals surface area contributed by atoms with Gasteiger partial charge in [0.25, 0.3) is 0 Å². The van der Waals surface area contributed by atoms with Crippen LogP contribution in [0.1, 0.15) is 12.8 Å². The third-order valence-corrected chi connectivity index (χ3v) is 3.27. The molecule has 2 rings (SSSR count). The zero-order valence-electron chi connectivity index (χ0n) is 8.16. The minimum atomic E-state index is -0.247. The van der Waals surface area contributed by atoms with Crippen LogP contribution in [0.3, 0.4) is 0 Å². The number of aliphatic hydroxyl groups is 1. The van der Waals surface area contributed by atoms with Crippen molar-refractivity contribution in [3.05, 3.63) is 21.8 Å². The maximum Gasteiger partial charge on any atom is 0.143 e. The molecule has 0 aromatic carbocycles. The first kappa shape index (κ1) is 11.2. The predicted molar refractivity (Wildman–Crippen MR) is 64.4 cm³/mol. The summed E-state index contributed by atoms with van der Waals surface area (Å²) in [5.74, 6) is 0.859. The fourth-order valence-corrected chi connectivity index (χ4v) is 2.68. The highest BCUT2D eigenvalue weighted by atomic mass is 79.9. The number of halogens is 2. The molecule has 1 fully saturated rings. The molecule has 2 heterocycles. The summed E-state index contributed by atoms with van der Waals surface area (Å²) in [5.41, 5.74) is 0. The number of hydrogen-bond acceptors (Lipinski definition) is 3. The largest absolute Gasteiger partial charge is 0.391 e. The van der Waals surface area contributed by atoms with Gasteiger partial charge in [-0.15, -0.1) is 0 Å². The first-order valence-electron chi connectivity index (χ1n) is 4.91. The van der Waals surface area contributed by atoms with Crippen LogP contribution >= 0.6 is 27.5 Å². The van der Waals surface area contributed by atoms with Crippen molar-refractivity contribution in [1.29, 1.82) is 0 Å². The SMILES string of the molecule is O[C@H]1CCCN(c2ncc(Cl)cc2Br)C1. The molecule has 15 heavy (non-hydrogen) atoms. The maximum absolute atomic E-state index is 9.58. The predicted octanol–water partition coefficient (Wildman–Crippen LogP) is 2.46. The Balaban J connectivity index is 2.21. The molecule has 1 saturated heterocycles. The Bertz CT molecular complexity index is 361. The molecule has 0 aliphatic carbocycles. The van der Waals surface area contributed by atoms with E-state index in [1.807, 2.05) is 6.07 Å². The first-order valence-corrected chi connectivity index (χ1v) is 6.08. The van der Waals surface area contributed by atoms with Gasteiger partial charge in [0.2, 0.25) is 0 Å². The van der Waals surface area contributed by atoms with Crippen LogP contribution in [0, 0.1) is 0 Å². The zero-order valence-corrected chi connectivity index (χ0v) is 10.5. The number of rotatable bonds is 1. The molecule has 1 aliphatic rings. The second-order valence-corrected chi connectivity index (χ2v) is 4.99. The third kappa shape index (κ3) is 2.62. The molecule has 0 amide bonds. The van der Waals surface area contributed by atoms with Crippen molar-refractivity contribution in [3.8, 4) is 0 Å². The summed E-state index contributed by atoms with van der Waals surface area (Å²) in [6, 6.07) is 1.82. The Morgan fingerprint density at radius 3 is 3.07 bits per heavy atom. The summed E-state index contributed by atoms with van der Waals surface area (Å²) in [4.78, 5) is 6.35. The highest BCUT2D eigenvalue weighted by Gasteiger charge is 2.20. The van der Waals surface area contributed by atoms with Crippen molar-refractivity contribution in [2.75, 3.05) is 18.0 Å². The zero-order chi connectivity index (χ0) is 10.8. The van der Waals surface area contributed by atoms with Gasteiger partial charge in [-0.05, 0) is 34.8 Å². The molecule has 1 aromatic rings. The van der Waals surface area contributed by atoms with E-state index in [0.717, 1.165) is 29.7 Å². The molecule has 0 spiro atoms. The lowest BCUT2D eigenvalue weighted by molar-refractivity contribution is 0.154. The molecule has 0 bridgehead atoms. The Hall–Kier alpha value is -0.320. The summed E-state index contributed by atoms with van der Waals surface area (Å²) in [5, 5.41) is 10.2. The smallest absolute Gasteiger partial charge is 0.143 e. The second kappa shape index (κ2) is 4.68. The normalized spacial score (nSPS) is 21.8. The van der Waals surface area contributed by atoms with Gasteiger partial charge in [-0.25, -0.2) is 4.98 Å². The van der Waals surface area contributed by atoms with Gasteiger partial charge in [-0.3, -0.25) is 0 Å². The number of aliphatic hydroxyl groups excluding tert-OH is 1. The van der Waals surface area contributed by atoms with Gasteiger partial charge in [0.1, 0.15) is 5.82 Å². The molecule has 1 aliphatic heterocycles. The summed E-state index contributed by atoms with van der Waals surface area (Å²) in [6.45, 7) is 1.58.